The van der Waals surface area contributed by atoms with Crippen molar-refractivity contribution in [1.82, 2.24) is 5.32 Å². The van der Waals surface area contributed by atoms with Gasteiger partial charge in [0.1, 0.15) is 66.3 Å². The van der Waals surface area contributed by atoms with Crippen LogP contribution in [0.3, 0.4) is 0 Å². The van der Waals surface area contributed by atoms with Crippen LogP contribution in [0.2, 0.25) is 0 Å². The molecule has 4 fully saturated rings. The van der Waals surface area contributed by atoms with Gasteiger partial charge in [0.15, 0.2) is 18.2 Å². The number of ketones is 1. The molecule has 18 nitrogen and oxygen atoms in total. The number of nitrogens with one attached hydrogen (secondary N) is 1. The topological polar surface area (TPSA) is 280 Å². The third kappa shape index (κ3) is 8.10. The molecule has 5 aliphatic rings. The van der Waals surface area contributed by atoms with Crippen LogP contribution in [-0.4, -0.2) is 157 Å². The third-order valence-corrected chi connectivity index (χ3v) is 14.0. The van der Waals surface area contributed by atoms with Crippen LogP contribution in [0.5, 0.6) is 0 Å². The number of fused-ring (bicyclic) bond motifs is 5. The van der Waals surface area contributed by atoms with Crippen LogP contribution in [0.25, 0.3) is 0 Å². The molecular formula is C44H63NO17. The number of alkyl carbamates (subject to hydrolysis) is 1. The van der Waals surface area contributed by atoms with E-state index < -0.39 is 138 Å². The molecule has 1 aromatic carbocycles. The highest BCUT2D eigenvalue weighted by atomic mass is 16.7. The fraction of sp³-hybridized carbons (Fsp3) is 0.705. The van der Waals surface area contributed by atoms with E-state index in [1.165, 1.54) is 0 Å². The molecule has 16 atom stereocenters. The lowest BCUT2D eigenvalue weighted by atomic mass is 9.42. The Morgan fingerprint density at radius 2 is 1.66 bits per heavy atom. The Hall–Kier alpha value is -3.53. The first-order valence-electron chi connectivity index (χ1n) is 20.9. The van der Waals surface area contributed by atoms with E-state index in [1.807, 2.05) is 0 Å². The highest BCUT2D eigenvalue weighted by molar-refractivity contribution is 5.93. The first-order chi connectivity index (χ1) is 28.7. The number of rotatable bonds is 11. The molecule has 1 amide bonds. The number of carbonyl (C=O) groups excluding carboxylic acids is 3. The maximum atomic E-state index is 15.1. The lowest BCUT2D eigenvalue weighted by Gasteiger charge is -2.67. The normalized spacial score (nSPS) is 40.0. The molecule has 2 saturated carbocycles. The van der Waals surface area contributed by atoms with Gasteiger partial charge in [0.05, 0.1) is 36.4 Å². The Morgan fingerprint density at radius 1 is 1.02 bits per heavy atom. The van der Waals surface area contributed by atoms with E-state index >= 15 is 4.79 Å². The van der Waals surface area contributed by atoms with Crippen LogP contribution < -0.4 is 5.32 Å². The zero-order valence-corrected chi connectivity index (χ0v) is 36.4. The van der Waals surface area contributed by atoms with E-state index in [1.54, 1.807) is 85.7 Å². The van der Waals surface area contributed by atoms with E-state index in [-0.39, 0.29) is 36.4 Å². The van der Waals surface area contributed by atoms with Crippen LogP contribution in [0, 0.1) is 22.7 Å². The molecule has 18 heteroatoms. The molecule has 0 aromatic heterocycles. The number of benzene rings is 1. The molecule has 0 spiro atoms. The van der Waals surface area contributed by atoms with Crippen molar-refractivity contribution in [3.8, 4) is 0 Å². The van der Waals surface area contributed by atoms with Crippen molar-refractivity contribution in [2.75, 3.05) is 19.8 Å². The Bertz CT molecular complexity index is 1900. The standard InChI is InChI=1S/C44H63NO17/c1-20(18-57-38-34(51)33(50)30(47)25(17-46)61-38)59-26-15-27-43(55,19-58-27)35-22(3)44(56)16-24(21(2)28(41(44,7)8)31(48)36(52)42(26,35)9)60-37(53)32(49)29(23-13-11-10-12-14-23)45-39(54)62-40(4,5)6/h10-14,22,24-27,29-35,38,46-51,55-56H,1,15-19H2,2-9H3,(H,45,54)/t22-,24?,25?,26?,27?,29?,30?,31?,32?,33?,34?,35?,38?,42+,43?,44?/m0/s1. The first kappa shape index (κ1) is 47.9. The lowest BCUT2D eigenvalue weighted by Crippen LogP contribution is -2.79. The molecule has 62 heavy (non-hydrogen) atoms. The molecule has 6 rings (SSSR count). The molecule has 2 heterocycles. The predicted octanol–water partition coefficient (Wildman–Crippen LogP) is 0.454. The quantitative estimate of drug-likeness (QED) is 0.0829. The zero-order chi connectivity index (χ0) is 46.1. The Morgan fingerprint density at radius 3 is 2.24 bits per heavy atom. The Labute approximate surface area is 360 Å². The molecule has 346 valence electrons. The third-order valence-electron chi connectivity index (χ3n) is 14.0. The predicted molar refractivity (Wildman–Crippen MR) is 215 cm³/mol. The van der Waals surface area contributed by atoms with E-state index in [0.717, 1.165) is 0 Å². The minimum absolute atomic E-state index is 0.0500. The summed E-state index contributed by atoms with van der Waals surface area (Å²) in [7, 11) is 0. The van der Waals surface area contributed by atoms with Crippen molar-refractivity contribution < 1.29 is 83.7 Å². The van der Waals surface area contributed by atoms with Gasteiger partial charge >= 0.3 is 12.1 Å². The first-order valence-corrected chi connectivity index (χ1v) is 20.9. The summed E-state index contributed by atoms with van der Waals surface area (Å²) in [4.78, 5) is 42.0. The molecule has 3 aliphatic carbocycles. The summed E-state index contributed by atoms with van der Waals surface area (Å²) in [5, 5.41) is 92.4. The van der Waals surface area contributed by atoms with Crippen molar-refractivity contribution in [1.29, 1.82) is 0 Å². The SMILES string of the molecule is C=C(COC1OC(CO)C(O)C(O)C1O)OC1CC2OCC2(O)C2[C@H](C)C3(O)CC(OC(=O)C(O)C(NC(=O)OC(C)(C)C)c4ccccc4)C(C)=C(C(O)C(=O)[C@]12C)C3(C)C. The average Bonchev–Trinajstić information content (AvgIpc) is 3.19. The van der Waals surface area contributed by atoms with Crippen LogP contribution in [0.15, 0.2) is 53.8 Å². The highest BCUT2D eigenvalue weighted by Crippen LogP contribution is 2.65. The summed E-state index contributed by atoms with van der Waals surface area (Å²) in [6.45, 7) is 15.7. The molecule has 2 bridgehead atoms. The smallest absolute Gasteiger partial charge is 0.408 e. The largest absolute Gasteiger partial charge is 0.492 e. The van der Waals surface area contributed by atoms with Crippen LogP contribution in [0.4, 0.5) is 4.79 Å². The summed E-state index contributed by atoms with van der Waals surface area (Å²) in [5.41, 5.74) is -6.94. The second-order valence-corrected chi connectivity index (χ2v) is 19.3. The number of hydrogen-bond donors (Lipinski definition) is 9. The fourth-order valence-electron chi connectivity index (χ4n) is 10.7. The summed E-state index contributed by atoms with van der Waals surface area (Å²) in [5.74, 6) is -4.16. The number of ether oxygens (including phenoxy) is 6. The minimum atomic E-state index is -1.98. The maximum absolute atomic E-state index is 15.1. The van der Waals surface area contributed by atoms with Gasteiger partial charge in [-0.15, -0.1) is 0 Å². The lowest BCUT2D eigenvalue weighted by molar-refractivity contribution is -0.337. The van der Waals surface area contributed by atoms with E-state index in [2.05, 4.69) is 11.9 Å². The van der Waals surface area contributed by atoms with Gasteiger partial charge in [-0.2, -0.15) is 0 Å². The molecule has 2 aliphatic heterocycles. The summed E-state index contributed by atoms with van der Waals surface area (Å²) in [6.07, 6.45) is -16.2. The number of hydrogen-bond acceptors (Lipinski definition) is 17. The average molecular weight is 878 g/mol. The van der Waals surface area contributed by atoms with E-state index in [4.69, 9.17) is 28.4 Å². The molecule has 2 saturated heterocycles. The summed E-state index contributed by atoms with van der Waals surface area (Å²) < 4.78 is 34.6. The van der Waals surface area contributed by atoms with Crippen LogP contribution in [0.1, 0.15) is 79.8 Å². The highest BCUT2D eigenvalue weighted by Gasteiger charge is 2.75. The Balaban J connectivity index is 1.31. The van der Waals surface area contributed by atoms with Crippen LogP contribution >= 0.6 is 0 Å². The molecule has 9 N–H and O–H groups in total. The van der Waals surface area contributed by atoms with Gasteiger partial charge in [-0.1, -0.05) is 57.7 Å². The van der Waals surface area contributed by atoms with Gasteiger partial charge in [0.25, 0.3) is 0 Å². The van der Waals surface area contributed by atoms with Gasteiger partial charge in [-0.3, -0.25) is 4.79 Å². The summed E-state index contributed by atoms with van der Waals surface area (Å²) in [6, 6.07) is 6.91. The van der Waals surface area contributed by atoms with Gasteiger partial charge < -0.3 is 74.6 Å². The maximum Gasteiger partial charge on any atom is 0.408 e. The van der Waals surface area contributed by atoms with Gasteiger partial charge in [-0.05, 0) is 57.2 Å². The zero-order valence-electron chi connectivity index (χ0n) is 36.4. The Kier molecular flexibility index (Phi) is 13.2. The van der Waals surface area contributed by atoms with Gasteiger partial charge in [0.2, 0.25) is 0 Å². The summed E-state index contributed by atoms with van der Waals surface area (Å²) >= 11 is 0. The van der Waals surface area contributed by atoms with Gasteiger partial charge in [0, 0.05) is 24.2 Å². The molecule has 14 unspecified atom stereocenters. The van der Waals surface area contributed by atoms with Gasteiger partial charge in [-0.25, -0.2) is 9.59 Å². The molecular weight excluding hydrogens is 814 g/mol. The molecule has 0 radical (unpaired) electrons. The monoisotopic (exact) mass is 877 g/mol. The van der Waals surface area contributed by atoms with E-state index in [0.29, 0.717) is 5.56 Å². The molecule has 1 aromatic rings. The number of aliphatic hydroxyl groups is 8. The number of amides is 1. The van der Waals surface area contributed by atoms with Crippen molar-refractivity contribution >= 4 is 17.8 Å². The second-order valence-electron chi connectivity index (χ2n) is 19.3. The van der Waals surface area contributed by atoms with Crippen molar-refractivity contribution in [2.24, 2.45) is 22.7 Å². The number of aliphatic hydroxyl groups excluding tert-OH is 6. The number of esters is 1. The van der Waals surface area contributed by atoms with Crippen molar-refractivity contribution in [2.45, 2.75) is 152 Å². The van der Waals surface area contributed by atoms with E-state index in [9.17, 15) is 50.4 Å². The van der Waals surface area contributed by atoms with Crippen molar-refractivity contribution in [3.63, 3.8) is 0 Å². The van der Waals surface area contributed by atoms with Crippen LogP contribution in [-0.2, 0) is 38.0 Å². The number of carbonyl (C=O) groups is 3. The van der Waals surface area contributed by atoms with Crippen molar-refractivity contribution in [3.05, 3.63) is 59.4 Å². The number of Topliss-reactive ketones (excluding diaryl/α,β-unsaturated/α-hetero) is 1. The minimum Gasteiger partial charge on any atom is -0.492 e. The fourth-order valence-corrected chi connectivity index (χ4v) is 10.7. The second kappa shape index (κ2) is 17.1.